The summed E-state index contributed by atoms with van der Waals surface area (Å²) in [5.74, 6) is 0.735. The lowest BCUT2D eigenvalue weighted by Gasteiger charge is -2.02. The zero-order chi connectivity index (χ0) is 16.8. The second kappa shape index (κ2) is 5.64. The van der Waals surface area contributed by atoms with Crippen molar-refractivity contribution in [1.29, 1.82) is 0 Å². The predicted octanol–water partition coefficient (Wildman–Crippen LogP) is 4.08. The molecule has 1 N–H and O–H groups in total. The topological polar surface area (TPSA) is 67.5 Å². The van der Waals surface area contributed by atoms with Gasteiger partial charge in [-0.2, -0.15) is 5.10 Å². The van der Waals surface area contributed by atoms with E-state index in [9.17, 15) is 0 Å². The number of aryl methyl sites for hydroxylation is 4. The molecule has 0 spiro atoms. The Kier molecular flexibility index (Phi) is 3.58. The average molecular weight is 356 g/mol. The first kappa shape index (κ1) is 15.2. The first-order valence-corrected chi connectivity index (χ1v) is 9.19. The van der Waals surface area contributed by atoms with Gasteiger partial charge >= 0.3 is 0 Å². The van der Waals surface area contributed by atoms with E-state index in [1.165, 1.54) is 10.4 Å². The van der Waals surface area contributed by atoms with Crippen molar-refractivity contribution in [2.24, 2.45) is 5.10 Å². The third-order valence-corrected chi connectivity index (χ3v) is 6.14. The number of nitrogens with one attached hydrogen (secondary N) is 1. The highest BCUT2D eigenvalue weighted by Crippen LogP contribution is 2.32. The highest BCUT2D eigenvalue weighted by molar-refractivity contribution is 7.18. The fourth-order valence-electron chi connectivity index (χ4n) is 2.70. The smallest absolute Gasteiger partial charge is 0.194 e. The Morgan fingerprint density at radius 3 is 2.88 bits per heavy atom. The van der Waals surface area contributed by atoms with Crippen LogP contribution in [0.1, 0.15) is 27.5 Å². The summed E-state index contributed by atoms with van der Waals surface area (Å²) in [5.41, 5.74) is 7.38. The first-order valence-electron chi connectivity index (χ1n) is 7.49. The van der Waals surface area contributed by atoms with E-state index in [2.05, 4.69) is 56.0 Å². The summed E-state index contributed by atoms with van der Waals surface area (Å²) in [7, 11) is 0. The van der Waals surface area contributed by atoms with Gasteiger partial charge in [0.25, 0.3) is 0 Å². The summed E-state index contributed by atoms with van der Waals surface area (Å²) in [6.07, 6.45) is 3.37. The second-order valence-corrected chi connectivity index (χ2v) is 7.67. The molecule has 24 heavy (non-hydrogen) atoms. The van der Waals surface area contributed by atoms with Gasteiger partial charge in [0.05, 0.1) is 23.0 Å². The largest absolute Gasteiger partial charge is 0.286 e. The van der Waals surface area contributed by atoms with Crippen molar-refractivity contribution in [3.05, 3.63) is 39.2 Å². The third kappa shape index (κ3) is 2.30. The van der Waals surface area contributed by atoms with Crippen LogP contribution < -0.4 is 5.43 Å². The number of fused-ring (bicyclic) bond motifs is 2. The molecule has 0 bridgehead atoms. The lowest BCUT2D eigenvalue weighted by Crippen LogP contribution is -1.98. The minimum absolute atomic E-state index is 0.735. The van der Waals surface area contributed by atoms with E-state index < -0.39 is 0 Å². The number of aromatic nitrogens is 4. The van der Waals surface area contributed by atoms with Gasteiger partial charge in [-0.3, -0.25) is 9.83 Å². The predicted molar refractivity (Wildman–Crippen MR) is 101 cm³/mol. The molecular formula is C16H16N6S2. The van der Waals surface area contributed by atoms with E-state index in [0.717, 1.165) is 38.1 Å². The summed E-state index contributed by atoms with van der Waals surface area (Å²) in [6.45, 7) is 8.25. The molecule has 4 aromatic rings. The Bertz CT molecular complexity index is 1090. The normalized spacial score (nSPS) is 12.0. The number of hydrogen-bond donors (Lipinski definition) is 1. The molecule has 0 aliphatic rings. The highest BCUT2D eigenvalue weighted by atomic mass is 32.1. The van der Waals surface area contributed by atoms with Crippen LogP contribution in [0.5, 0.6) is 0 Å². The molecule has 4 heterocycles. The quantitative estimate of drug-likeness (QED) is 0.444. The standard InChI is InChI=1S/C16H16N6S2/c1-8-6-23-16-20-10(3)12(22(8)16)5-19-21-14-13-9(2)11(4)24-15(13)18-7-17-14/h5-7H,1-4H3,(H,17,18,21)/b19-5+. The Morgan fingerprint density at radius 2 is 2.04 bits per heavy atom. The first-order chi connectivity index (χ1) is 11.6. The van der Waals surface area contributed by atoms with Crippen LogP contribution in [0.3, 0.4) is 0 Å². The second-order valence-electron chi connectivity index (χ2n) is 5.63. The minimum Gasteiger partial charge on any atom is -0.286 e. The molecule has 8 heteroatoms. The van der Waals surface area contributed by atoms with E-state index in [0.29, 0.717) is 0 Å². The van der Waals surface area contributed by atoms with Gasteiger partial charge in [-0.1, -0.05) is 0 Å². The Hall–Kier alpha value is -2.32. The minimum atomic E-state index is 0.735. The summed E-state index contributed by atoms with van der Waals surface area (Å²) < 4.78 is 2.11. The monoisotopic (exact) mass is 356 g/mol. The average Bonchev–Trinajstić information content (AvgIpc) is 3.16. The van der Waals surface area contributed by atoms with Crippen LogP contribution in [0.4, 0.5) is 5.82 Å². The molecule has 0 unspecified atom stereocenters. The molecule has 0 saturated carbocycles. The van der Waals surface area contributed by atoms with Crippen molar-refractivity contribution in [3.8, 4) is 0 Å². The van der Waals surface area contributed by atoms with Crippen LogP contribution in [-0.2, 0) is 0 Å². The maximum absolute atomic E-state index is 4.57. The number of nitrogens with zero attached hydrogens (tertiary/aromatic N) is 5. The molecule has 0 aromatic carbocycles. The molecule has 0 atom stereocenters. The van der Waals surface area contributed by atoms with Gasteiger partial charge in [0.15, 0.2) is 10.8 Å². The molecule has 0 saturated heterocycles. The SMILES string of the molecule is Cc1nc2scc(C)n2c1/C=N/Nc1ncnc2sc(C)c(C)c12. The zero-order valence-corrected chi connectivity index (χ0v) is 15.4. The molecule has 0 fully saturated rings. The molecule has 122 valence electrons. The molecule has 0 amide bonds. The van der Waals surface area contributed by atoms with Crippen molar-refractivity contribution < 1.29 is 0 Å². The van der Waals surface area contributed by atoms with Gasteiger partial charge in [0.1, 0.15) is 11.2 Å². The zero-order valence-electron chi connectivity index (χ0n) is 13.8. The maximum Gasteiger partial charge on any atom is 0.194 e. The van der Waals surface area contributed by atoms with Crippen molar-refractivity contribution in [2.75, 3.05) is 5.43 Å². The maximum atomic E-state index is 4.57. The van der Waals surface area contributed by atoms with Crippen molar-refractivity contribution >= 4 is 49.9 Å². The Balaban J connectivity index is 1.71. The number of imidazole rings is 1. The van der Waals surface area contributed by atoms with Crippen LogP contribution >= 0.6 is 22.7 Å². The third-order valence-electron chi connectivity index (χ3n) is 4.08. The van der Waals surface area contributed by atoms with Crippen LogP contribution in [0, 0.1) is 27.7 Å². The number of hydrogen-bond acceptors (Lipinski definition) is 7. The number of thiazole rings is 1. The fraction of sp³-hybridized carbons (Fsp3) is 0.250. The number of rotatable bonds is 3. The van der Waals surface area contributed by atoms with Crippen molar-refractivity contribution in [3.63, 3.8) is 0 Å². The van der Waals surface area contributed by atoms with E-state index in [-0.39, 0.29) is 0 Å². The summed E-state index contributed by atoms with van der Waals surface area (Å²) in [4.78, 5) is 16.5. The van der Waals surface area contributed by atoms with Crippen LogP contribution in [-0.4, -0.2) is 25.6 Å². The van der Waals surface area contributed by atoms with Gasteiger partial charge < -0.3 is 0 Å². The molecule has 0 radical (unpaired) electrons. The summed E-state index contributed by atoms with van der Waals surface area (Å²) in [6, 6.07) is 0. The van der Waals surface area contributed by atoms with Gasteiger partial charge in [-0.25, -0.2) is 15.0 Å². The molecule has 6 nitrogen and oxygen atoms in total. The Morgan fingerprint density at radius 1 is 1.21 bits per heavy atom. The van der Waals surface area contributed by atoms with E-state index >= 15 is 0 Å². The fourth-order valence-corrected chi connectivity index (χ4v) is 4.61. The van der Waals surface area contributed by atoms with Crippen molar-refractivity contribution in [2.45, 2.75) is 27.7 Å². The van der Waals surface area contributed by atoms with Crippen LogP contribution in [0.15, 0.2) is 16.8 Å². The van der Waals surface area contributed by atoms with E-state index in [4.69, 9.17) is 0 Å². The van der Waals surface area contributed by atoms with Crippen LogP contribution in [0.25, 0.3) is 15.2 Å². The molecule has 0 aliphatic heterocycles. The van der Waals surface area contributed by atoms with E-state index in [1.807, 2.05) is 6.92 Å². The number of thiophene rings is 1. The van der Waals surface area contributed by atoms with Gasteiger partial charge in [0.2, 0.25) is 0 Å². The molecular weight excluding hydrogens is 340 g/mol. The van der Waals surface area contributed by atoms with Crippen molar-refractivity contribution in [1.82, 2.24) is 19.4 Å². The molecule has 0 aliphatic carbocycles. The van der Waals surface area contributed by atoms with Crippen LogP contribution in [0.2, 0.25) is 0 Å². The van der Waals surface area contributed by atoms with Gasteiger partial charge in [-0.15, -0.1) is 22.7 Å². The van der Waals surface area contributed by atoms with E-state index in [1.54, 1.807) is 35.2 Å². The summed E-state index contributed by atoms with van der Waals surface area (Å²) in [5, 5.41) is 7.54. The lowest BCUT2D eigenvalue weighted by molar-refractivity contribution is 1.11. The highest BCUT2D eigenvalue weighted by Gasteiger charge is 2.12. The van der Waals surface area contributed by atoms with Gasteiger partial charge in [-0.05, 0) is 33.3 Å². The number of anilines is 1. The molecule has 4 rings (SSSR count). The lowest BCUT2D eigenvalue weighted by atomic mass is 10.2. The van der Waals surface area contributed by atoms with Gasteiger partial charge in [0, 0.05) is 16.0 Å². The summed E-state index contributed by atoms with van der Waals surface area (Å²) >= 11 is 3.31. The Labute approximate surface area is 146 Å². The number of hydrazone groups is 1. The molecule has 4 aromatic heterocycles.